The molecule has 4 nitrogen and oxygen atoms in total. The molecule has 0 bridgehead atoms. The van der Waals surface area contributed by atoms with Crippen LogP contribution in [0.15, 0.2) is 27.9 Å². The van der Waals surface area contributed by atoms with Crippen LogP contribution in [0.25, 0.3) is 0 Å². The molecule has 0 spiro atoms. The van der Waals surface area contributed by atoms with Crippen LogP contribution in [0.1, 0.15) is 22.4 Å². The Hall–Kier alpha value is -1.84. The lowest BCUT2D eigenvalue weighted by molar-refractivity contribution is -0.127. The summed E-state index contributed by atoms with van der Waals surface area (Å²) in [5, 5.41) is 13.9. The van der Waals surface area contributed by atoms with Gasteiger partial charge in [0.25, 0.3) is 0 Å². The molecule has 22 heavy (non-hydrogen) atoms. The van der Waals surface area contributed by atoms with Gasteiger partial charge < -0.3 is 4.90 Å². The highest BCUT2D eigenvalue weighted by Crippen LogP contribution is 2.24. The van der Waals surface area contributed by atoms with Crippen LogP contribution in [-0.4, -0.2) is 28.6 Å². The van der Waals surface area contributed by atoms with Gasteiger partial charge in [0.1, 0.15) is 11.1 Å². The molecule has 0 saturated carbocycles. The number of thiophene rings is 1. The zero-order valence-electron chi connectivity index (χ0n) is 12.8. The topological polar surface area (TPSA) is 57.0 Å². The summed E-state index contributed by atoms with van der Waals surface area (Å²) in [6.45, 7) is 4.39. The van der Waals surface area contributed by atoms with Crippen molar-refractivity contribution in [3.8, 4) is 6.07 Å². The number of carbonyl (C=O) groups is 1. The maximum atomic E-state index is 12.2. The van der Waals surface area contributed by atoms with Crippen molar-refractivity contribution in [2.75, 3.05) is 12.8 Å². The number of carbonyl (C=O) groups excluding carboxylic acids is 1. The number of hydrogen-bond acceptors (Lipinski definition) is 5. The van der Waals surface area contributed by atoms with Crippen LogP contribution < -0.4 is 0 Å². The number of thioether (sulfide) groups is 1. The van der Waals surface area contributed by atoms with Crippen molar-refractivity contribution >= 4 is 29.0 Å². The Morgan fingerprint density at radius 3 is 2.91 bits per heavy atom. The SMILES string of the molecule is Cc1cc(C)c(C#N)c(SCC(=O)N(C)Cc2ccsc2)n1. The van der Waals surface area contributed by atoms with Gasteiger partial charge in [-0.15, -0.1) is 0 Å². The number of aromatic nitrogens is 1. The predicted octanol–water partition coefficient (Wildman–Crippen LogP) is 3.38. The highest BCUT2D eigenvalue weighted by molar-refractivity contribution is 8.00. The van der Waals surface area contributed by atoms with E-state index in [2.05, 4.69) is 11.1 Å². The van der Waals surface area contributed by atoms with Gasteiger partial charge in [0.15, 0.2) is 0 Å². The molecule has 0 unspecified atom stereocenters. The third kappa shape index (κ3) is 4.09. The first-order chi connectivity index (χ1) is 10.5. The number of nitrogens with zero attached hydrogens (tertiary/aromatic N) is 3. The van der Waals surface area contributed by atoms with Crippen molar-refractivity contribution in [2.45, 2.75) is 25.4 Å². The van der Waals surface area contributed by atoms with Crippen molar-refractivity contribution in [3.05, 3.63) is 45.3 Å². The minimum absolute atomic E-state index is 0.0287. The Bertz CT molecular complexity index is 705. The normalized spacial score (nSPS) is 10.3. The minimum atomic E-state index is 0.0287. The average molecular weight is 331 g/mol. The zero-order chi connectivity index (χ0) is 16.1. The molecule has 0 saturated heterocycles. The Morgan fingerprint density at radius 2 is 2.27 bits per heavy atom. The van der Waals surface area contributed by atoms with Gasteiger partial charge in [0.2, 0.25) is 5.91 Å². The summed E-state index contributed by atoms with van der Waals surface area (Å²) in [5.74, 6) is 0.312. The van der Waals surface area contributed by atoms with Gasteiger partial charge in [-0.25, -0.2) is 4.98 Å². The summed E-state index contributed by atoms with van der Waals surface area (Å²) in [7, 11) is 1.79. The van der Waals surface area contributed by atoms with Gasteiger partial charge in [0, 0.05) is 19.3 Å². The van der Waals surface area contributed by atoms with Crippen molar-refractivity contribution in [2.24, 2.45) is 0 Å². The van der Waals surface area contributed by atoms with Crippen LogP contribution in [0, 0.1) is 25.2 Å². The molecule has 6 heteroatoms. The van der Waals surface area contributed by atoms with Crippen molar-refractivity contribution in [1.29, 1.82) is 5.26 Å². The second-order valence-corrected chi connectivity index (χ2v) is 6.79. The van der Waals surface area contributed by atoms with Crippen LogP contribution in [0.2, 0.25) is 0 Å². The maximum Gasteiger partial charge on any atom is 0.233 e. The number of rotatable bonds is 5. The highest BCUT2D eigenvalue weighted by Gasteiger charge is 2.14. The van der Waals surface area contributed by atoms with E-state index in [1.54, 1.807) is 23.3 Å². The van der Waals surface area contributed by atoms with E-state index in [9.17, 15) is 10.1 Å². The van der Waals surface area contributed by atoms with Gasteiger partial charge in [-0.1, -0.05) is 11.8 Å². The summed E-state index contributed by atoms with van der Waals surface area (Å²) in [6, 6.07) is 6.07. The second-order valence-electron chi connectivity index (χ2n) is 5.04. The molecule has 1 amide bonds. The highest BCUT2D eigenvalue weighted by atomic mass is 32.2. The Kier molecular flexibility index (Phi) is 5.58. The fraction of sp³-hybridized carbons (Fsp3) is 0.312. The van der Waals surface area contributed by atoms with Gasteiger partial charge in [0.05, 0.1) is 11.3 Å². The average Bonchev–Trinajstić information content (AvgIpc) is 2.97. The molecule has 0 fully saturated rings. The van der Waals surface area contributed by atoms with Crippen molar-refractivity contribution < 1.29 is 4.79 Å². The predicted molar refractivity (Wildman–Crippen MR) is 89.9 cm³/mol. The van der Waals surface area contributed by atoms with E-state index < -0.39 is 0 Å². The Morgan fingerprint density at radius 1 is 1.50 bits per heavy atom. The molecule has 2 rings (SSSR count). The van der Waals surface area contributed by atoms with Gasteiger partial charge in [-0.3, -0.25) is 4.79 Å². The number of pyridine rings is 1. The summed E-state index contributed by atoms with van der Waals surface area (Å²) in [5.41, 5.74) is 3.45. The standard InChI is InChI=1S/C16H17N3OS2/c1-11-6-12(2)18-16(14(11)7-17)22-10-15(20)19(3)8-13-4-5-21-9-13/h4-6,9H,8,10H2,1-3H3. The molecule has 2 heterocycles. The van der Waals surface area contributed by atoms with E-state index in [1.165, 1.54) is 11.8 Å². The molecular formula is C16H17N3OS2. The van der Waals surface area contributed by atoms with Crippen LogP contribution in [-0.2, 0) is 11.3 Å². The molecule has 0 aromatic carbocycles. The molecule has 114 valence electrons. The molecule has 2 aromatic rings. The number of hydrogen-bond donors (Lipinski definition) is 0. The number of amides is 1. The molecule has 0 aliphatic carbocycles. The molecule has 0 aliphatic rings. The smallest absolute Gasteiger partial charge is 0.233 e. The van der Waals surface area contributed by atoms with Crippen LogP contribution in [0.3, 0.4) is 0 Å². The van der Waals surface area contributed by atoms with Crippen LogP contribution in [0.5, 0.6) is 0 Å². The van der Waals surface area contributed by atoms with E-state index >= 15 is 0 Å². The van der Waals surface area contributed by atoms with E-state index in [0.29, 0.717) is 17.1 Å². The van der Waals surface area contributed by atoms with Gasteiger partial charge in [-0.2, -0.15) is 16.6 Å². The quantitative estimate of drug-likeness (QED) is 0.788. The van der Waals surface area contributed by atoms with Gasteiger partial charge >= 0.3 is 0 Å². The fourth-order valence-electron chi connectivity index (χ4n) is 2.03. The number of aryl methyl sites for hydroxylation is 2. The van der Waals surface area contributed by atoms with E-state index in [1.807, 2.05) is 36.7 Å². The van der Waals surface area contributed by atoms with Crippen LogP contribution in [0.4, 0.5) is 0 Å². The lowest BCUT2D eigenvalue weighted by Gasteiger charge is -2.16. The first-order valence-electron chi connectivity index (χ1n) is 6.77. The monoisotopic (exact) mass is 331 g/mol. The molecule has 0 aliphatic heterocycles. The maximum absolute atomic E-state index is 12.2. The molecule has 0 radical (unpaired) electrons. The van der Waals surface area contributed by atoms with Crippen LogP contribution >= 0.6 is 23.1 Å². The largest absolute Gasteiger partial charge is 0.341 e. The van der Waals surface area contributed by atoms with E-state index in [-0.39, 0.29) is 11.7 Å². The van der Waals surface area contributed by atoms with E-state index in [0.717, 1.165) is 16.8 Å². The third-order valence-corrected chi connectivity index (χ3v) is 4.87. The number of nitriles is 1. The van der Waals surface area contributed by atoms with E-state index in [4.69, 9.17) is 0 Å². The third-order valence-electron chi connectivity index (χ3n) is 3.18. The Balaban J connectivity index is 2.01. The lowest BCUT2D eigenvalue weighted by Crippen LogP contribution is -2.27. The molecular weight excluding hydrogens is 314 g/mol. The summed E-state index contributed by atoms with van der Waals surface area (Å²) in [6.07, 6.45) is 0. The minimum Gasteiger partial charge on any atom is -0.341 e. The zero-order valence-corrected chi connectivity index (χ0v) is 14.4. The first-order valence-corrected chi connectivity index (χ1v) is 8.70. The molecule has 0 atom stereocenters. The first kappa shape index (κ1) is 16.5. The van der Waals surface area contributed by atoms with Crippen molar-refractivity contribution in [1.82, 2.24) is 9.88 Å². The summed E-state index contributed by atoms with van der Waals surface area (Å²) in [4.78, 5) is 18.3. The van der Waals surface area contributed by atoms with Gasteiger partial charge in [-0.05, 0) is 47.9 Å². The Labute approximate surface area is 138 Å². The van der Waals surface area contributed by atoms with Crippen molar-refractivity contribution in [3.63, 3.8) is 0 Å². The fourth-order valence-corrected chi connectivity index (χ4v) is 3.73. The molecule has 0 N–H and O–H groups in total. The lowest BCUT2D eigenvalue weighted by atomic mass is 10.1. The summed E-state index contributed by atoms with van der Waals surface area (Å²) >= 11 is 2.95. The second kappa shape index (κ2) is 7.43. The summed E-state index contributed by atoms with van der Waals surface area (Å²) < 4.78 is 0. The molecule has 2 aromatic heterocycles.